The number of hydrogen-bond donors (Lipinski definition) is 1. The van der Waals surface area contributed by atoms with Crippen molar-refractivity contribution in [1.29, 1.82) is 0 Å². The second-order valence-corrected chi connectivity index (χ2v) is 5.47. The molecule has 0 spiro atoms. The molecule has 2 aromatic carbocycles. The second-order valence-electron chi connectivity index (χ2n) is 5.47. The van der Waals surface area contributed by atoms with Gasteiger partial charge >= 0.3 is 0 Å². The average Bonchev–Trinajstić information content (AvgIpc) is 3.20. The van der Waals surface area contributed by atoms with Crippen molar-refractivity contribution in [3.8, 4) is 11.3 Å². The largest absolute Gasteiger partial charge is 0.457 e. The van der Waals surface area contributed by atoms with Gasteiger partial charge in [-0.25, -0.2) is 0 Å². The topological polar surface area (TPSA) is 54.6 Å². The van der Waals surface area contributed by atoms with E-state index in [1.165, 1.54) is 0 Å². The molecular formula is C20H14N2O2. The van der Waals surface area contributed by atoms with E-state index in [0.29, 0.717) is 11.3 Å². The van der Waals surface area contributed by atoms with Crippen LogP contribution in [0.2, 0.25) is 0 Å². The summed E-state index contributed by atoms with van der Waals surface area (Å²) in [6.07, 6.45) is 1.76. The number of furan rings is 1. The van der Waals surface area contributed by atoms with Crippen LogP contribution >= 0.6 is 0 Å². The van der Waals surface area contributed by atoms with Gasteiger partial charge in [0.1, 0.15) is 11.5 Å². The molecule has 3 aromatic rings. The molecule has 1 N–H and O–H groups in total. The lowest BCUT2D eigenvalue weighted by molar-refractivity contribution is -0.110. The monoisotopic (exact) mass is 314 g/mol. The normalized spacial score (nSPS) is 14.5. The number of nitrogens with one attached hydrogen (secondary N) is 1. The number of hydrogen-bond acceptors (Lipinski definition) is 3. The number of carbonyl (C=O) groups excluding carboxylic acids is 1. The first-order chi connectivity index (χ1) is 11.7. The molecule has 1 aliphatic heterocycles. The zero-order valence-corrected chi connectivity index (χ0v) is 12.8. The van der Waals surface area contributed by atoms with Gasteiger partial charge in [0.15, 0.2) is 0 Å². The molecule has 0 saturated heterocycles. The molecule has 1 amide bonds. The highest BCUT2D eigenvalue weighted by Gasteiger charge is 2.23. The molecule has 24 heavy (non-hydrogen) atoms. The number of amides is 1. The fraction of sp³-hybridized carbons (Fsp3) is 0. The van der Waals surface area contributed by atoms with Gasteiger partial charge in [-0.1, -0.05) is 30.3 Å². The van der Waals surface area contributed by atoms with E-state index in [-0.39, 0.29) is 5.91 Å². The third-order valence-corrected chi connectivity index (χ3v) is 3.94. The Morgan fingerprint density at radius 3 is 2.79 bits per heavy atom. The van der Waals surface area contributed by atoms with Crippen molar-refractivity contribution in [3.63, 3.8) is 0 Å². The fourth-order valence-electron chi connectivity index (χ4n) is 2.77. The van der Waals surface area contributed by atoms with Crippen molar-refractivity contribution >= 4 is 35.6 Å². The van der Waals surface area contributed by atoms with Crippen LogP contribution in [0, 0.1) is 0 Å². The molecule has 116 valence electrons. The van der Waals surface area contributed by atoms with Crippen LogP contribution in [-0.2, 0) is 4.79 Å². The van der Waals surface area contributed by atoms with Crippen LogP contribution in [0.1, 0.15) is 11.3 Å². The van der Waals surface area contributed by atoms with Crippen molar-refractivity contribution in [2.24, 2.45) is 4.99 Å². The lowest BCUT2D eigenvalue weighted by Gasteiger charge is -1.99. The van der Waals surface area contributed by atoms with Gasteiger partial charge in [0.2, 0.25) is 0 Å². The molecule has 4 heteroatoms. The SMILES string of the molecule is C=Nc1cccc(-c2ccc(/C=C3/C(=O)Nc4ccccc43)o2)c1. The molecule has 0 fully saturated rings. The number of aliphatic imine (C=N–C) groups is 1. The van der Waals surface area contributed by atoms with Crippen LogP contribution in [0.3, 0.4) is 0 Å². The zero-order valence-electron chi connectivity index (χ0n) is 12.8. The summed E-state index contributed by atoms with van der Waals surface area (Å²) in [5.41, 5.74) is 4.02. The van der Waals surface area contributed by atoms with E-state index in [4.69, 9.17) is 4.42 Å². The number of benzene rings is 2. The van der Waals surface area contributed by atoms with Crippen molar-refractivity contribution in [1.82, 2.24) is 0 Å². The summed E-state index contributed by atoms with van der Waals surface area (Å²) in [4.78, 5) is 16.1. The summed E-state index contributed by atoms with van der Waals surface area (Å²) >= 11 is 0. The molecule has 0 radical (unpaired) electrons. The number of para-hydroxylation sites is 1. The number of carbonyl (C=O) groups is 1. The maximum atomic E-state index is 12.2. The van der Waals surface area contributed by atoms with Crippen molar-refractivity contribution < 1.29 is 9.21 Å². The average molecular weight is 314 g/mol. The predicted molar refractivity (Wildman–Crippen MR) is 96.3 cm³/mol. The Bertz CT molecular complexity index is 983. The standard InChI is InChI=1S/C20H14N2O2/c1-21-14-6-4-5-13(11-14)19-10-9-15(24-19)12-17-16-7-2-3-8-18(16)22-20(17)23/h2-12H,1H2,(H,22,23)/b17-12+. The Labute approximate surface area is 139 Å². The van der Waals surface area contributed by atoms with Crippen LogP contribution in [0.15, 0.2) is 70.1 Å². The van der Waals surface area contributed by atoms with Gasteiger partial charge in [0, 0.05) is 16.8 Å². The minimum absolute atomic E-state index is 0.119. The first-order valence-corrected chi connectivity index (χ1v) is 7.54. The van der Waals surface area contributed by atoms with Gasteiger partial charge in [-0.2, -0.15) is 0 Å². The number of anilines is 1. The first kappa shape index (κ1) is 14.2. The fourth-order valence-corrected chi connectivity index (χ4v) is 2.77. The number of fused-ring (bicyclic) bond motifs is 1. The molecule has 0 bridgehead atoms. The lowest BCUT2D eigenvalue weighted by Crippen LogP contribution is -2.03. The molecule has 0 aliphatic carbocycles. The van der Waals surface area contributed by atoms with Crippen LogP contribution < -0.4 is 5.32 Å². The highest BCUT2D eigenvalue weighted by molar-refractivity contribution is 6.34. The van der Waals surface area contributed by atoms with Crippen LogP contribution in [0.25, 0.3) is 23.0 Å². The molecule has 4 rings (SSSR count). The molecule has 2 heterocycles. The van der Waals surface area contributed by atoms with E-state index in [0.717, 1.165) is 28.3 Å². The molecule has 0 saturated carbocycles. The third-order valence-electron chi connectivity index (χ3n) is 3.94. The molecule has 0 atom stereocenters. The summed E-state index contributed by atoms with van der Waals surface area (Å²) in [7, 11) is 0. The summed E-state index contributed by atoms with van der Waals surface area (Å²) in [6, 6.07) is 19.0. The van der Waals surface area contributed by atoms with E-state index < -0.39 is 0 Å². The minimum atomic E-state index is -0.119. The number of nitrogens with zero attached hydrogens (tertiary/aromatic N) is 1. The number of rotatable bonds is 3. The van der Waals surface area contributed by atoms with E-state index in [9.17, 15) is 4.79 Å². The molecular weight excluding hydrogens is 300 g/mol. The van der Waals surface area contributed by atoms with Crippen molar-refractivity contribution in [2.45, 2.75) is 0 Å². The quantitative estimate of drug-likeness (QED) is 0.559. The van der Waals surface area contributed by atoms with Crippen molar-refractivity contribution in [3.05, 3.63) is 72.0 Å². The summed E-state index contributed by atoms with van der Waals surface area (Å²) in [5.74, 6) is 1.23. The Kier molecular flexibility index (Phi) is 3.35. The summed E-state index contributed by atoms with van der Waals surface area (Å²) in [6.45, 7) is 3.53. The Morgan fingerprint density at radius 2 is 1.92 bits per heavy atom. The van der Waals surface area contributed by atoms with Gasteiger partial charge in [-0.15, -0.1) is 0 Å². The first-order valence-electron chi connectivity index (χ1n) is 7.54. The van der Waals surface area contributed by atoms with E-state index in [2.05, 4.69) is 17.0 Å². The molecule has 0 unspecified atom stereocenters. The van der Waals surface area contributed by atoms with Gasteiger partial charge in [-0.05, 0) is 43.1 Å². The van der Waals surface area contributed by atoms with Gasteiger partial charge in [0.05, 0.1) is 11.3 Å². The Hall–Kier alpha value is -3.40. The highest BCUT2D eigenvalue weighted by Crippen LogP contribution is 2.34. The van der Waals surface area contributed by atoms with Crippen LogP contribution in [0.5, 0.6) is 0 Å². The summed E-state index contributed by atoms with van der Waals surface area (Å²) < 4.78 is 5.88. The van der Waals surface area contributed by atoms with Crippen molar-refractivity contribution in [2.75, 3.05) is 5.32 Å². The van der Waals surface area contributed by atoms with Gasteiger partial charge in [-0.3, -0.25) is 9.79 Å². The summed E-state index contributed by atoms with van der Waals surface area (Å²) in [5, 5.41) is 2.85. The van der Waals surface area contributed by atoms with Gasteiger partial charge in [0.25, 0.3) is 5.91 Å². The lowest BCUT2D eigenvalue weighted by atomic mass is 10.1. The van der Waals surface area contributed by atoms with Crippen LogP contribution in [-0.4, -0.2) is 12.6 Å². The Balaban J connectivity index is 1.71. The van der Waals surface area contributed by atoms with E-state index in [1.54, 1.807) is 6.08 Å². The van der Waals surface area contributed by atoms with E-state index in [1.807, 2.05) is 60.7 Å². The van der Waals surface area contributed by atoms with E-state index >= 15 is 0 Å². The minimum Gasteiger partial charge on any atom is -0.457 e. The maximum absolute atomic E-state index is 12.2. The highest BCUT2D eigenvalue weighted by atomic mass is 16.3. The second kappa shape index (κ2) is 5.66. The maximum Gasteiger partial charge on any atom is 0.256 e. The molecule has 4 nitrogen and oxygen atoms in total. The third kappa shape index (κ3) is 2.44. The molecule has 1 aliphatic rings. The van der Waals surface area contributed by atoms with Crippen LogP contribution in [0.4, 0.5) is 11.4 Å². The molecule has 1 aromatic heterocycles. The predicted octanol–water partition coefficient (Wildman–Crippen LogP) is 4.77. The van der Waals surface area contributed by atoms with Gasteiger partial charge < -0.3 is 9.73 Å². The Morgan fingerprint density at radius 1 is 1.04 bits per heavy atom. The smallest absolute Gasteiger partial charge is 0.256 e. The zero-order chi connectivity index (χ0) is 16.5.